The monoisotopic (exact) mass is 1070 g/mol. The van der Waals surface area contributed by atoms with Crippen molar-refractivity contribution in [2.75, 3.05) is 64.4 Å². The first-order valence-corrected chi connectivity index (χ1v) is 27.2. The summed E-state index contributed by atoms with van der Waals surface area (Å²) in [6.07, 6.45) is 21.1. The number of ether oxygens (including phenoxy) is 1. The standard InChI is InChI=1S/C22H42N3.C16H22O2.C13H16N3O.C6H9NO2.C2H6.Y/c1-5-9-10-22(12-11-21(23)8-4)25-17-13-20(14-18-25)19-24(15-6-2)16-7-3;1-4-6-7-13-8-9-15(14(10-13)11-17)16(18)12(3)5-2;1-10-9-15-5-6-16(10)12-4-3-11(8-14)13(7-12)17-2;1-4-2-3-5(8)7-6(4)9;1-2;/h8,11-12,20,22-23H,5-7,9-10,13-19H2,1-4H3;8-12H,4-7H2,1-3H3;3-4,7,10H,5-6,9H2,1-2H3;4H,2-3H2,1H3,(H,7,8,9);1-2H3;/q-1;;-1;;;/b12-11-,21-8+;;;;;. The van der Waals surface area contributed by atoms with E-state index in [1.54, 1.807) is 7.11 Å². The molecular weight excluding hydrogens is 976 g/mol. The third-order valence-corrected chi connectivity index (χ3v) is 13.3. The predicted molar refractivity (Wildman–Crippen MR) is 297 cm³/mol. The van der Waals surface area contributed by atoms with E-state index in [2.05, 4.69) is 72.1 Å². The molecule has 3 heterocycles. The molecule has 401 valence electrons. The van der Waals surface area contributed by atoms with Gasteiger partial charge in [0.2, 0.25) is 11.8 Å². The molecule has 4 unspecified atom stereocenters. The summed E-state index contributed by atoms with van der Waals surface area (Å²) in [6.45, 7) is 31.7. The number of hydrogen-bond donors (Lipinski definition) is 1. The number of unbranched alkanes of at least 4 members (excludes halogenated alkanes) is 2. The van der Waals surface area contributed by atoms with Crippen LogP contribution < -0.4 is 15.0 Å². The molecule has 2 aromatic carbocycles. The van der Waals surface area contributed by atoms with Gasteiger partial charge in [0, 0.05) is 92.5 Å². The summed E-state index contributed by atoms with van der Waals surface area (Å²) in [7, 11) is 1.59. The molecule has 0 saturated carbocycles. The molecular formula is C59H95N7O5Y-2. The average Bonchev–Trinajstić information content (AvgIpc) is 3.40. The molecule has 5 rings (SSSR count). The Morgan fingerprint density at radius 1 is 0.972 bits per heavy atom. The molecule has 2 N–H and O–H groups in total. The number of methoxy groups -OCH3 is 1. The van der Waals surface area contributed by atoms with Crippen LogP contribution in [-0.4, -0.2) is 105 Å². The molecule has 4 atom stereocenters. The minimum Gasteiger partial charge on any atom is -0.699 e. The van der Waals surface area contributed by atoms with E-state index in [-0.39, 0.29) is 62.1 Å². The van der Waals surface area contributed by atoms with Crippen LogP contribution in [0.2, 0.25) is 0 Å². The number of ketones is 1. The maximum atomic E-state index is 12.1. The number of rotatable bonds is 21. The number of carbonyl (C=O) groups is 4. The number of allylic oxidation sites excluding steroid dienone is 2. The smallest absolute Gasteiger partial charge is 0.229 e. The van der Waals surface area contributed by atoms with Crippen molar-refractivity contribution in [1.82, 2.24) is 15.1 Å². The molecule has 0 aromatic heterocycles. The number of nitriles is 1. The van der Waals surface area contributed by atoms with E-state index in [0.717, 1.165) is 68.8 Å². The van der Waals surface area contributed by atoms with Gasteiger partial charge in [0.15, 0.2) is 12.1 Å². The summed E-state index contributed by atoms with van der Waals surface area (Å²) in [5.74, 6) is 1.30. The molecule has 0 spiro atoms. The molecule has 12 nitrogen and oxygen atoms in total. The van der Waals surface area contributed by atoms with Gasteiger partial charge in [-0.05, 0) is 134 Å². The van der Waals surface area contributed by atoms with Crippen molar-refractivity contribution in [3.05, 3.63) is 93.6 Å². The Morgan fingerprint density at radius 2 is 1.64 bits per heavy atom. The Morgan fingerprint density at radius 3 is 2.17 bits per heavy atom. The SMILES string of the molecule is C/C=C([NH-])\C=C/C(CCCC)N1CCC(CN(CCC)CCC)CC1.CC.CC1CCC(=O)NC1=O.CCCCc1ccc(C(=O)C(C)CC)c(C=O)c1.COc1cc(N2CC[N-]CC2C)ccc1C#N.[Y]. The van der Waals surface area contributed by atoms with Crippen LogP contribution in [0.4, 0.5) is 5.69 Å². The number of benzene rings is 2. The summed E-state index contributed by atoms with van der Waals surface area (Å²) in [5.41, 5.74) is 12.4. The van der Waals surface area contributed by atoms with Crippen molar-refractivity contribution in [1.29, 1.82) is 5.26 Å². The van der Waals surface area contributed by atoms with Crippen molar-refractivity contribution in [2.45, 2.75) is 172 Å². The molecule has 72 heavy (non-hydrogen) atoms. The van der Waals surface area contributed by atoms with Crippen LogP contribution in [0.5, 0.6) is 5.75 Å². The van der Waals surface area contributed by atoms with Gasteiger partial charge in [-0.2, -0.15) is 5.26 Å². The number of likely N-dealkylation sites (tertiary alicyclic amines) is 1. The fourth-order valence-electron chi connectivity index (χ4n) is 8.72. The number of imide groups is 1. The first kappa shape index (κ1) is 68.3. The van der Waals surface area contributed by atoms with Gasteiger partial charge in [-0.3, -0.25) is 29.4 Å². The number of aldehydes is 1. The van der Waals surface area contributed by atoms with Crippen LogP contribution in [0.1, 0.15) is 185 Å². The number of anilines is 1. The van der Waals surface area contributed by atoms with E-state index in [0.29, 0.717) is 53.1 Å². The molecule has 3 aliphatic rings. The Balaban J connectivity index is 0.000000958. The van der Waals surface area contributed by atoms with Gasteiger partial charge < -0.3 is 25.6 Å². The van der Waals surface area contributed by atoms with Crippen LogP contribution in [0.25, 0.3) is 11.1 Å². The Hall–Kier alpha value is -3.73. The topological polar surface area (TPSA) is 161 Å². The fraction of sp³-hybridized carbons (Fsp3) is 0.644. The Kier molecular flexibility index (Phi) is 38.5. The van der Waals surface area contributed by atoms with Crippen LogP contribution >= 0.6 is 0 Å². The van der Waals surface area contributed by atoms with Crippen LogP contribution in [0.15, 0.2) is 60.3 Å². The van der Waals surface area contributed by atoms with E-state index in [9.17, 15) is 19.2 Å². The summed E-state index contributed by atoms with van der Waals surface area (Å²) in [5, 5.41) is 15.6. The fourth-order valence-corrected chi connectivity index (χ4v) is 8.72. The maximum Gasteiger partial charge on any atom is 0.229 e. The zero-order valence-corrected chi connectivity index (χ0v) is 49.7. The number of amides is 2. The van der Waals surface area contributed by atoms with Crippen molar-refractivity contribution >= 4 is 29.6 Å². The first-order valence-electron chi connectivity index (χ1n) is 27.2. The van der Waals surface area contributed by atoms with Crippen molar-refractivity contribution in [3.8, 4) is 11.8 Å². The Bertz CT molecular complexity index is 1940. The predicted octanol–water partition coefficient (Wildman–Crippen LogP) is 13.2. The van der Waals surface area contributed by atoms with Crippen molar-refractivity contribution in [3.63, 3.8) is 0 Å². The third kappa shape index (κ3) is 25.5. The second-order valence-corrected chi connectivity index (χ2v) is 18.9. The van der Waals surface area contributed by atoms with Gasteiger partial charge in [0.25, 0.3) is 0 Å². The van der Waals surface area contributed by atoms with E-state index < -0.39 is 0 Å². The van der Waals surface area contributed by atoms with Crippen molar-refractivity contribution < 1.29 is 56.6 Å². The quantitative estimate of drug-likeness (QED) is 0.0555. The number of nitrogens with one attached hydrogen (secondary N) is 2. The van der Waals surface area contributed by atoms with Gasteiger partial charge in [-0.1, -0.05) is 106 Å². The van der Waals surface area contributed by atoms with Gasteiger partial charge in [-0.15, -0.1) is 24.9 Å². The molecule has 1 radical (unpaired) electrons. The summed E-state index contributed by atoms with van der Waals surface area (Å²) >= 11 is 0. The molecule has 0 bridgehead atoms. The Labute approximate surface area is 463 Å². The number of piperidine rings is 2. The number of hydrogen-bond acceptors (Lipinski definition) is 9. The molecule has 13 heteroatoms. The normalized spacial score (nSPS) is 17.9. The molecule has 2 aromatic rings. The van der Waals surface area contributed by atoms with Crippen LogP contribution in [-0.2, 0) is 48.7 Å². The molecule has 2 amide bonds. The number of nitrogens with zero attached hydrogens (tertiary/aromatic N) is 5. The zero-order valence-electron chi connectivity index (χ0n) is 46.9. The van der Waals surface area contributed by atoms with Crippen LogP contribution in [0.3, 0.4) is 0 Å². The first-order chi connectivity index (χ1) is 34.2. The molecule has 3 fully saturated rings. The number of piperazine rings is 1. The summed E-state index contributed by atoms with van der Waals surface area (Å²) in [4.78, 5) is 52.0. The largest absolute Gasteiger partial charge is 0.699 e. The van der Waals surface area contributed by atoms with E-state index >= 15 is 0 Å². The number of carbonyl (C=O) groups excluding carboxylic acids is 4. The zero-order chi connectivity index (χ0) is 53.1. The third-order valence-electron chi connectivity index (χ3n) is 13.3. The van der Waals surface area contributed by atoms with Gasteiger partial charge in [0.1, 0.15) is 11.8 Å². The molecule has 3 saturated heterocycles. The van der Waals surface area contributed by atoms with E-state index in [1.165, 1.54) is 77.7 Å². The van der Waals surface area contributed by atoms with Gasteiger partial charge in [-0.25, -0.2) is 0 Å². The number of aryl methyl sites for hydroxylation is 1. The minimum absolute atomic E-state index is 0. The van der Waals surface area contributed by atoms with Gasteiger partial charge >= 0.3 is 0 Å². The summed E-state index contributed by atoms with van der Waals surface area (Å²) < 4.78 is 5.23. The van der Waals surface area contributed by atoms with Crippen molar-refractivity contribution in [2.24, 2.45) is 17.8 Å². The second kappa shape index (κ2) is 40.6. The second-order valence-electron chi connectivity index (χ2n) is 18.9. The van der Waals surface area contributed by atoms with E-state index in [4.69, 9.17) is 15.7 Å². The summed E-state index contributed by atoms with van der Waals surface area (Å²) in [6, 6.07) is 14.4. The molecule has 0 aliphatic carbocycles. The van der Waals surface area contributed by atoms with Gasteiger partial charge in [0.05, 0.1) is 12.7 Å². The van der Waals surface area contributed by atoms with Crippen LogP contribution in [0, 0.1) is 29.1 Å². The van der Waals surface area contributed by atoms with E-state index in [1.807, 2.05) is 90.1 Å². The average molecular weight is 1070 g/mol. The minimum atomic E-state index is -0.141. The molecule has 3 aliphatic heterocycles. The number of Topliss-reactive ketones (excluding diaryl/α,β-unsaturated/α-hetero) is 1. The maximum absolute atomic E-state index is 12.1.